The van der Waals surface area contributed by atoms with Gasteiger partial charge < -0.3 is 25.1 Å². The van der Waals surface area contributed by atoms with Crippen molar-refractivity contribution >= 4 is 36.0 Å². The number of rotatable bonds is 9. The highest BCUT2D eigenvalue weighted by atomic mass is 127. The number of guanidine groups is 1. The van der Waals surface area contributed by atoms with Crippen LogP contribution in [0.1, 0.15) is 38.5 Å². The van der Waals surface area contributed by atoms with Crippen molar-refractivity contribution in [2.24, 2.45) is 4.99 Å². The van der Waals surface area contributed by atoms with Crippen LogP contribution in [-0.4, -0.2) is 37.3 Å². The summed E-state index contributed by atoms with van der Waals surface area (Å²) in [5.74, 6) is 1.67. The van der Waals surface area contributed by atoms with Crippen molar-refractivity contribution in [1.82, 2.24) is 16.0 Å². The fraction of sp³-hybridized carbons (Fsp3) is 0.455. The van der Waals surface area contributed by atoms with E-state index in [0.29, 0.717) is 26.2 Å². The SMILES string of the molecule is CC(C)(C)OC(=O)NCCCNC(=NCc1ccccc1)NCCc1ccco1.I. The van der Waals surface area contributed by atoms with Crippen molar-refractivity contribution in [1.29, 1.82) is 0 Å². The van der Waals surface area contributed by atoms with Gasteiger partial charge in [-0.3, -0.25) is 0 Å². The summed E-state index contributed by atoms with van der Waals surface area (Å²) < 4.78 is 10.6. The number of furan rings is 1. The quantitative estimate of drug-likeness (QED) is 0.198. The van der Waals surface area contributed by atoms with Crippen molar-refractivity contribution in [3.8, 4) is 0 Å². The molecule has 0 aliphatic rings. The zero-order valence-electron chi connectivity index (χ0n) is 17.9. The molecule has 2 rings (SSSR count). The van der Waals surface area contributed by atoms with Crippen LogP contribution in [0, 0.1) is 0 Å². The van der Waals surface area contributed by atoms with E-state index in [1.165, 1.54) is 0 Å². The highest BCUT2D eigenvalue weighted by molar-refractivity contribution is 14.0. The number of halogens is 1. The average molecular weight is 528 g/mol. The molecule has 0 atom stereocenters. The number of nitrogens with zero attached hydrogens (tertiary/aromatic N) is 1. The second-order valence-corrected chi connectivity index (χ2v) is 7.62. The molecule has 7 nitrogen and oxygen atoms in total. The van der Waals surface area contributed by atoms with Gasteiger partial charge in [-0.15, -0.1) is 24.0 Å². The van der Waals surface area contributed by atoms with Crippen LogP contribution in [0.25, 0.3) is 0 Å². The Labute approximate surface area is 196 Å². The Bertz CT molecular complexity index is 743. The molecular formula is C22H33IN4O3. The Hall–Kier alpha value is -2.23. The molecule has 0 bridgehead atoms. The van der Waals surface area contributed by atoms with E-state index in [9.17, 15) is 4.79 Å². The molecule has 1 heterocycles. The predicted molar refractivity (Wildman–Crippen MR) is 130 cm³/mol. The summed E-state index contributed by atoms with van der Waals surface area (Å²) in [7, 11) is 0. The molecule has 0 saturated carbocycles. The monoisotopic (exact) mass is 528 g/mol. The third-order valence-corrected chi connectivity index (χ3v) is 3.82. The molecule has 1 aromatic carbocycles. The first-order valence-electron chi connectivity index (χ1n) is 9.98. The lowest BCUT2D eigenvalue weighted by atomic mass is 10.2. The highest BCUT2D eigenvalue weighted by Gasteiger charge is 2.15. The first kappa shape index (κ1) is 25.8. The largest absolute Gasteiger partial charge is 0.469 e. The Morgan fingerprint density at radius 2 is 1.70 bits per heavy atom. The number of hydrogen-bond acceptors (Lipinski definition) is 4. The van der Waals surface area contributed by atoms with Gasteiger partial charge in [-0.2, -0.15) is 0 Å². The number of ether oxygens (including phenoxy) is 1. The summed E-state index contributed by atoms with van der Waals surface area (Å²) in [6, 6.07) is 13.9. The normalized spacial score (nSPS) is 11.4. The van der Waals surface area contributed by atoms with Crippen LogP contribution in [0.5, 0.6) is 0 Å². The highest BCUT2D eigenvalue weighted by Crippen LogP contribution is 2.06. The van der Waals surface area contributed by atoms with E-state index in [1.807, 2.05) is 51.1 Å². The predicted octanol–water partition coefficient (Wildman–Crippen LogP) is 4.09. The van der Waals surface area contributed by atoms with E-state index in [-0.39, 0.29) is 24.0 Å². The number of carbonyl (C=O) groups is 1. The maximum absolute atomic E-state index is 11.7. The molecule has 3 N–H and O–H groups in total. The van der Waals surface area contributed by atoms with E-state index in [4.69, 9.17) is 9.15 Å². The lowest BCUT2D eigenvalue weighted by Crippen LogP contribution is -2.40. The van der Waals surface area contributed by atoms with Gasteiger partial charge in [0.25, 0.3) is 0 Å². The van der Waals surface area contributed by atoms with Crippen LogP contribution in [-0.2, 0) is 17.7 Å². The Balaban J connectivity index is 0.00000450. The third kappa shape index (κ3) is 11.7. The Morgan fingerprint density at radius 3 is 2.37 bits per heavy atom. The van der Waals surface area contributed by atoms with Gasteiger partial charge in [-0.1, -0.05) is 30.3 Å². The number of carbonyl (C=O) groups excluding carboxylic acids is 1. The van der Waals surface area contributed by atoms with Gasteiger partial charge in [0, 0.05) is 26.1 Å². The molecule has 30 heavy (non-hydrogen) atoms. The summed E-state index contributed by atoms with van der Waals surface area (Å²) in [5.41, 5.74) is 0.656. The van der Waals surface area contributed by atoms with Crippen molar-refractivity contribution < 1.29 is 13.9 Å². The molecule has 0 radical (unpaired) electrons. The molecule has 2 aromatic rings. The zero-order chi connectivity index (χ0) is 21.0. The van der Waals surface area contributed by atoms with Crippen molar-refractivity contribution in [2.45, 2.75) is 45.8 Å². The second-order valence-electron chi connectivity index (χ2n) is 7.62. The standard InChI is InChI=1S/C22H32N4O3.HI/c1-22(2,3)29-21(27)25-14-8-13-23-20(24-15-12-19-11-7-16-28-19)26-17-18-9-5-4-6-10-18;/h4-7,9-11,16H,8,12-15,17H2,1-3H3,(H,25,27)(H2,23,24,26);1H. The topological polar surface area (TPSA) is 87.9 Å². The number of aliphatic imine (C=N–C) groups is 1. The van der Waals surface area contributed by atoms with Gasteiger partial charge in [-0.25, -0.2) is 9.79 Å². The van der Waals surface area contributed by atoms with Gasteiger partial charge in [0.2, 0.25) is 0 Å². The molecular weight excluding hydrogens is 495 g/mol. The Morgan fingerprint density at radius 1 is 1.00 bits per heavy atom. The van der Waals surface area contributed by atoms with Crippen LogP contribution in [0.15, 0.2) is 58.1 Å². The Kier molecular flexibility index (Phi) is 12.0. The van der Waals surface area contributed by atoms with Gasteiger partial charge in [0.05, 0.1) is 12.8 Å². The van der Waals surface area contributed by atoms with Crippen LogP contribution >= 0.6 is 24.0 Å². The fourth-order valence-corrected chi connectivity index (χ4v) is 2.49. The minimum absolute atomic E-state index is 0. The second kappa shape index (κ2) is 13.9. The van der Waals surface area contributed by atoms with E-state index in [0.717, 1.165) is 30.1 Å². The molecule has 1 aromatic heterocycles. The lowest BCUT2D eigenvalue weighted by molar-refractivity contribution is 0.0527. The molecule has 8 heteroatoms. The maximum Gasteiger partial charge on any atom is 0.407 e. The van der Waals surface area contributed by atoms with Gasteiger partial charge >= 0.3 is 6.09 Å². The number of alkyl carbamates (subject to hydrolysis) is 1. The van der Waals surface area contributed by atoms with Gasteiger partial charge in [0.15, 0.2) is 5.96 Å². The number of nitrogens with one attached hydrogen (secondary N) is 3. The molecule has 0 unspecified atom stereocenters. The van der Waals surface area contributed by atoms with Crippen molar-refractivity contribution in [3.05, 3.63) is 60.1 Å². The van der Waals surface area contributed by atoms with Gasteiger partial charge in [-0.05, 0) is 44.9 Å². The minimum atomic E-state index is -0.489. The van der Waals surface area contributed by atoms with Crippen molar-refractivity contribution in [2.75, 3.05) is 19.6 Å². The molecule has 0 saturated heterocycles. The van der Waals surface area contributed by atoms with Crippen LogP contribution in [0.2, 0.25) is 0 Å². The first-order chi connectivity index (χ1) is 13.9. The van der Waals surface area contributed by atoms with Crippen LogP contribution in [0.4, 0.5) is 4.79 Å². The van der Waals surface area contributed by atoms with Crippen LogP contribution < -0.4 is 16.0 Å². The molecule has 0 aliphatic carbocycles. The summed E-state index contributed by atoms with van der Waals surface area (Å²) in [6.45, 7) is 8.04. The van der Waals surface area contributed by atoms with E-state index in [2.05, 4.69) is 33.1 Å². The number of benzene rings is 1. The maximum atomic E-state index is 11.7. The number of hydrogen-bond donors (Lipinski definition) is 3. The summed E-state index contributed by atoms with van der Waals surface area (Å²) in [4.78, 5) is 16.3. The zero-order valence-corrected chi connectivity index (χ0v) is 20.3. The molecule has 1 amide bonds. The van der Waals surface area contributed by atoms with Gasteiger partial charge in [0.1, 0.15) is 11.4 Å². The summed E-state index contributed by atoms with van der Waals surface area (Å²) in [6.07, 6.45) is 2.81. The molecule has 0 aliphatic heterocycles. The number of amides is 1. The average Bonchev–Trinajstić information content (AvgIpc) is 3.18. The molecule has 0 spiro atoms. The first-order valence-corrected chi connectivity index (χ1v) is 9.98. The lowest BCUT2D eigenvalue weighted by Gasteiger charge is -2.19. The van der Waals surface area contributed by atoms with E-state index in [1.54, 1.807) is 6.26 Å². The molecule has 0 fully saturated rings. The fourth-order valence-electron chi connectivity index (χ4n) is 2.49. The summed E-state index contributed by atoms with van der Waals surface area (Å²) in [5, 5.41) is 9.39. The minimum Gasteiger partial charge on any atom is -0.469 e. The smallest absolute Gasteiger partial charge is 0.407 e. The van der Waals surface area contributed by atoms with Crippen LogP contribution in [0.3, 0.4) is 0 Å². The molecule has 166 valence electrons. The summed E-state index contributed by atoms with van der Waals surface area (Å²) >= 11 is 0. The van der Waals surface area contributed by atoms with E-state index >= 15 is 0 Å². The third-order valence-electron chi connectivity index (χ3n) is 3.82. The van der Waals surface area contributed by atoms with Crippen molar-refractivity contribution in [3.63, 3.8) is 0 Å². The van der Waals surface area contributed by atoms with E-state index < -0.39 is 11.7 Å².